The number of hydrogen-bond donors (Lipinski definition) is 0. The minimum atomic E-state index is -0.403. The number of esters is 1. The number of azo groups is 1. The number of hydrogen-bond acceptors (Lipinski definition) is 5. The molecule has 0 saturated carbocycles. The van der Waals surface area contributed by atoms with Crippen LogP contribution in [-0.4, -0.2) is 12.6 Å². The molecule has 3 aromatic carbocycles. The molecule has 0 bridgehead atoms. The number of unbranched alkanes of at least 4 members (excludes halogenated alkanes) is 13. The van der Waals surface area contributed by atoms with Crippen LogP contribution >= 0.6 is 0 Å². The van der Waals surface area contributed by atoms with Gasteiger partial charge in [0.25, 0.3) is 0 Å². The highest BCUT2D eigenvalue weighted by Gasteiger charge is 2.08. The zero-order valence-corrected chi connectivity index (χ0v) is 25.2. The molecule has 0 unspecified atom stereocenters. The van der Waals surface area contributed by atoms with Crippen LogP contribution in [0.4, 0.5) is 11.4 Å². The fourth-order valence-electron chi connectivity index (χ4n) is 4.77. The van der Waals surface area contributed by atoms with Gasteiger partial charge < -0.3 is 9.47 Å². The quantitative estimate of drug-likeness (QED) is 0.0602. The number of rotatable bonds is 20. The fourth-order valence-corrected chi connectivity index (χ4v) is 4.77. The van der Waals surface area contributed by atoms with Crippen molar-refractivity contribution in [2.45, 2.75) is 104 Å². The Morgan fingerprint density at radius 2 is 1.17 bits per heavy atom. The topological polar surface area (TPSA) is 60.2 Å². The Kier molecular flexibility index (Phi) is 15.3. The van der Waals surface area contributed by atoms with Crippen molar-refractivity contribution in [1.29, 1.82) is 0 Å². The van der Waals surface area contributed by atoms with Gasteiger partial charge in [0.2, 0.25) is 0 Å². The summed E-state index contributed by atoms with van der Waals surface area (Å²) in [6.45, 7) is 5.06. The summed E-state index contributed by atoms with van der Waals surface area (Å²) in [5, 5.41) is 8.66. The van der Waals surface area contributed by atoms with Gasteiger partial charge in [0, 0.05) is 0 Å². The van der Waals surface area contributed by atoms with Crippen molar-refractivity contribution in [2.75, 3.05) is 6.61 Å². The molecule has 0 amide bonds. The maximum atomic E-state index is 12.3. The first-order valence-electron chi connectivity index (χ1n) is 15.7. The zero-order valence-electron chi connectivity index (χ0n) is 25.2. The van der Waals surface area contributed by atoms with E-state index < -0.39 is 5.97 Å². The summed E-state index contributed by atoms with van der Waals surface area (Å²) in [6.07, 6.45) is 19.0. The van der Waals surface area contributed by atoms with Gasteiger partial charge in [0.05, 0.1) is 23.5 Å². The maximum Gasteiger partial charge on any atom is 0.343 e. The van der Waals surface area contributed by atoms with E-state index in [0.29, 0.717) is 17.0 Å². The maximum absolute atomic E-state index is 12.3. The molecule has 0 heterocycles. The van der Waals surface area contributed by atoms with Crippen LogP contribution in [0.2, 0.25) is 0 Å². The van der Waals surface area contributed by atoms with E-state index in [1.54, 1.807) is 36.4 Å². The molecule has 0 aliphatic heterocycles. The number of carbonyl (C=O) groups is 1. The second-order valence-corrected chi connectivity index (χ2v) is 10.8. The van der Waals surface area contributed by atoms with Gasteiger partial charge in [-0.05, 0) is 73.5 Å². The predicted octanol–water partition coefficient (Wildman–Crippen LogP) is 11.5. The third-order valence-electron chi connectivity index (χ3n) is 7.25. The molecule has 0 N–H and O–H groups in total. The normalized spacial score (nSPS) is 11.2. The Bertz CT molecular complexity index is 1160. The van der Waals surface area contributed by atoms with Gasteiger partial charge in [-0.3, -0.25) is 0 Å². The summed E-state index contributed by atoms with van der Waals surface area (Å²) in [6, 6.07) is 21.8. The van der Waals surface area contributed by atoms with Crippen LogP contribution in [0.15, 0.2) is 83.0 Å². The molecule has 41 heavy (non-hydrogen) atoms. The lowest BCUT2D eigenvalue weighted by molar-refractivity contribution is 0.0735. The number of benzene rings is 3. The van der Waals surface area contributed by atoms with E-state index in [2.05, 4.69) is 17.2 Å². The highest BCUT2D eigenvalue weighted by Crippen LogP contribution is 2.26. The van der Waals surface area contributed by atoms with Crippen LogP contribution in [0.3, 0.4) is 0 Å². The van der Waals surface area contributed by atoms with Gasteiger partial charge in [-0.15, -0.1) is 0 Å². The Morgan fingerprint density at radius 1 is 0.634 bits per heavy atom. The Balaban J connectivity index is 1.27. The van der Waals surface area contributed by atoms with E-state index in [4.69, 9.17) is 9.47 Å². The predicted molar refractivity (Wildman–Crippen MR) is 169 cm³/mol. The largest absolute Gasteiger partial charge is 0.493 e. The first-order valence-corrected chi connectivity index (χ1v) is 15.7. The molecule has 0 saturated heterocycles. The van der Waals surface area contributed by atoms with Crippen molar-refractivity contribution in [1.82, 2.24) is 0 Å². The lowest BCUT2D eigenvalue weighted by Gasteiger charge is -2.09. The molecule has 0 aliphatic carbocycles. The summed E-state index contributed by atoms with van der Waals surface area (Å²) >= 11 is 0. The van der Waals surface area contributed by atoms with Crippen molar-refractivity contribution in [3.8, 4) is 11.5 Å². The standard InChI is InChI=1S/C36H48N2O3/c1-3-4-5-6-7-8-9-10-11-12-13-14-15-19-28-40-35-27-26-33(29-30(35)2)38-37-32-24-22-31(23-25-32)36(39)41-34-20-17-16-18-21-34/h16-18,20-27,29H,3-15,19,28H2,1-2H3. The SMILES string of the molecule is CCCCCCCCCCCCCCCCOc1ccc(N=Nc2ccc(C(=O)Oc3ccccc3)cc2)cc1C. The van der Waals surface area contributed by atoms with Crippen LogP contribution in [0.25, 0.3) is 0 Å². The minimum absolute atomic E-state index is 0.403. The Hall–Kier alpha value is -3.47. The van der Waals surface area contributed by atoms with Crippen LogP contribution < -0.4 is 9.47 Å². The molecule has 0 aliphatic rings. The molecular weight excluding hydrogens is 508 g/mol. The average Bonchev–Trinajstić information content (AvgIpc) is 2.99. The van der Waals surface area contributed by atoms with Crippen LogP contribution in [-0.2, 0) is 0 Å². The van der Waals surface area contributed by atoms with Crippen molar-refractivity contribution < 1.29 is 14.3 Å². The molecule has 0 aromatic heterocycles. The molecule has 5 heteroatoms. The van der Waals surface area contributed by atoms with Crippen LogP contribution in [0.1, 0.15) is 113 Å². The van der Waals surface area contributed by atoms with E-state index in [-0.39, 0.29) is 0 Å². The number of aryl methyl sites for hydroxylation is 1. The first kappa shape index (κ1) is 32.0. The fraction of sp³-hybridized carbons (Fsp3) is 0.472. The second kappa shape index (κ2) is 19.6. The molecule has 3 rings (SSSR count). The summed E-state index contributed by atoms with van der Waals surface area (Å²) in [5.41, 5.74) is 2.94. The van der Waals surface area contributed by atoms with Gasteiger partial charge >= 0.3 is 5.97 Å². The lowest BCUT2D eigenvalue weighted by atomic mass is 10.0. The molecular formula is C36H48N2O3. The van der Waals surface area contributed by atoms with E-state index in [9.17, 15) is 4.79 Å². The Labute approximate surface area is 247 Å². The average molecular weight is 557 g/mol. The van der Waals surface area contributed by atoms with E-state index in [1.807, 2.05) is 43.3 Å². The summed E-state index contributed by atoms with van der Waals surface area (Å²) in [5.74, 6) is 1.02. The monoisotopic (exact) mass is 556 g/mol. The third-order valence-corrected chi connectivity index (χ3v) is 7.25. The molecule has 220 valence electrons. The van der Waals surface area contributed by atoms with Crippen molar-refractivity contribution in [3.63, 3.8) is 0 Å². The number of ether oxygens (including phenoxy) is 2. The van der Waals surface area contributed by atoms with Crippen molar-refractivity contribution in [3.05, 3.63) is 83.9 Å². The van der Waals surface area contributed by atoms with Crippen molar-refractivity contribution in [2.24, 2.45) is 10.2 Å². The summed E-state index contributed by atoms with van der Waals surface area (Å²) in [7, 11) is 0. The van der Waals surface area contributed by atoms with Gasteiger partial charge in [-0.1, -0.05) is 109 Å². The molecule has 3 aromatic rings. The molecule has 5 nitrogen and oxygen atoms in total. The van der Waals surface area contributed by atoms with Crippen LogP contribution in [0, 0.1) is 6.92 Å². The van der Waals surface area contributed by atoms with Gasteiger partial charge in [-0.2, -0.15) is 10.2 Å². The van der Waals surface area contributed by atoms with Crippen molar-refractivity contribution >= 4 is 17.3 Å². The minimum Gasteiger partial charge on any atom is -0.493 e. The number of carbonyl (C=O) groups excluding carboxylic acids is 1. The van der Waals surface area contributed by atoms with Gasteiger partial charge in [0.15, 0.2) is 0 Å². The van der Waals surface area contributed by atoms with Gasteiger partial charge in [-0.25, -0.2) is 4.79 Å². The zero-order chi connectivity index (χ0) is 29.0. The lowest BCUT2D eigenvalue weighted by Crippen LogP contribution is -2.07. The summed E-state index contributed by atoms with van der Waals surface area (Å²) in [4.78, 5) is 12.3. The Morgan fingerprint density at radius 3 is 1.76 bits per heavy atom. The van der Waals surface area contributed by atoms with E-state index >= 15 is 0 Å². The summed E-state index contributed by atoms with van der Waals surface area (Å²) < 4.78 is 11.4. The molecule has 0 spiro atoms. The number of nitrogens with zero attached hydrogens (tertiary/aromatic N) is 2. The molecule has 0 fully saturated rings. The van der Waals surface area contributed by atoms with E-state index in [1.165, 1.54) is 83.5 Å². The van der Waals surface area contributed by atoms with Crippen LogP contribution in [0.5, 0.6) is 11.5 Å². The van der Waals surface area contributed by atoms with E-state index in [0.717, 1.165) is 30.0 Å². The molecule has 0 atom stereocenters. The number of para-hydroxylation sites is 1. The smallest absolute Gasteiger partial charge is 0.343 e. The van der Waals surface area contributed by atoms with Gasteiger partial charge in [0.1, 0.15) is 11.5 Å². The highest BCUT2D eigenvalue weighted by atomic mass is 16.5. The third kappa shape index (κ3) is 13.2. The highest BCUT2D eigenvalue weighted by molar-refractivity contribution is 5.91. The molecule has 0 radical (unpaired) electrons. The first-order chi connectivity index (χ1) is 20.2. The second-order valence-electron chi connectivity index (χ2n) is 10.8.